The molecule has 0 fully saturated rings. The number of aromatic nitrogens is 1. The fraction of sp³-hybridized carbons (Fsp3) is 0.333. The predicted molar refractivity (Wildman–Crippen MR) is 43.2 cm³/mol. The normalized spacial score (nSPS) is 12.0. The Morgan fingerprint density at radius 1 is 1.82 bits per heavy atom. The fourth-order valence-corrected chi connectivity index (χ4v) is 1.52. The van der Waals surface area contributed by atoms with Gasteiger partial charge in [0.05, 0.1) is 0 Å². The third-order valence-electron chi connectivity index (χ3n) is 1.36. The van der Waals surface area contributed by atoms with Crippen LogP contribution in [0.2, 0.25) is 0 Å². The van der Waals surface area contributed by atoms with Crippen molar-refractivity contribution in [2.24, 2.45) is 17.8 Å². The maximum absolute atomic E-state index is 10.4. The monoisotopic (exact) mass is 171 g/mol. The van der Waals surface area contributed by atoms with Crippen molar-refractivity contribution in [2.75, 3.05) is 0 Å². The Balaban J connectivity index is 3.25. The quantitative estimate of drug-likeness (QED) is 0.602. The molecule has 0 radical (unpaired) electrons. The van der Waals surface area contributed by atoms with Crippen LogP contribution in [0.15, 0.2) is 10.4 Å². The number of hydrogen-bond acceptors (Lipinski definition) is 2. The minimum absolute atomic E-state index is 0.634. The lowest BCUT2D eigenvalue weighted by Gasteiger charge is -1.91. The molecule has 0 unspecified atom stereocenters. The van der Waals surface area contributed by atoms with Gasteiger partial charge >= 0.3 is 6.03 Å². The molecule has 60 valence electrons. The smallest absolute Gasteiger partial charge is 0.341 e. The number of rotatable bonds is 0. The van der Waals surface area contributed by atoms with Crippen LogP contribution in [-0.2, 0) is 7.05 Å². The number of primary amides is 1. The van der Waals surface area contributed by atoms with Crippen LogP contribution < -0.4 is 10.5 Å². The van der Waals surface area contributed by atoms with Crippen molar-refractivity contribution in [3.05, 3.63) is 15.9 Å². The van der Waals surface area contributed by atoms with Crippen molar-refractivity contribution in [1.29, 1.82) is 0 Å². The van der Waals surface area contributed by atoms with E-state index >= 15 is 0 Å². The van der Waals surface area contributed by atoms with Crippen LogP contribution in [0.4, 0.5) is 4.79 Å². The summed E-state index contributed by atoms with van der Waals surface area (Å²) >= 11 is 1.40. The van der Waals surface area contributed by atoms with E-state index in [2.05, 4.69) is 4.99 Å². The molecule has 0 aliphatic heterocycles. The molecule has 5 heteroatoms. The van der Waals surface area contributed by atoms with Crippen LogP contribution in [0, 0.1) is 6.92 Å². The first-order valence-electron chi connectivity index (χ1n) is 3.06. The van der Waals surface area contributed by atoms with Gasteiger partial charge in [-0.3, -0.25) is 0 Å². The number of carbonyl (C=O) groups excluding carboxylic acids is 1. The molecule has 0 aliphatic carbocycles. The third-order valence-corrected chi connectivity index (χ3v) is 2.39. The summed E-state index contributed by atoms with van der Waals surface area (Å²) in [7, 11) is 1.84. The topological polar surface area (TPSA) is 60.4 Å². The Morgan fingerprint density at radius 2 is 2.45 bits per heavy atom. The van der Waals surface area contributed by atoms with Gasteiger partial charge in [0.15, 0.2) is 4.80 Å². The molecule has 11 heavy (non-hydrogen) atoms. The van der Waals surface area contributed by atoms with Gasteiger partial charge in [-0.05, 0) is 6.92 Å². The average molecular weight is 171 g/mol. The molecule has 4 nitrogen and oxygen atoms in total. The third kappa shape index (κ3) is 1.68. The zero-order valence-electron chi connectivity index (χ0n) is 6.37. The molecule has 0 bridgehead atoms. The Bertz CT molecular complexity index is 336. The van der Waals surface area contributed by atoms with E-state index < -0.39 is 6.03 Å². The summed E-state index contributed by atoms with van der Waals surface area (Å²) in [6, 6.07) is -0.651. The van der Waals surface area contributed by atoms with E-state index in [1.54, 1.807) is 0 Å². The summed E-state index contributed by atoms with van der Waals surface area (Å²) in [4.78, 5) is 14.6. The Kier molecular flexibility index (Phi) is 2.09. The molecule has 0 aromatic carbocycles. The van der Waals surface area contributed by atoms with Crippen LogP contribution >= 0.6 is 11.3 Å². The zero-order valence-corrected chi connectivity index (χ0v) is 7.18. The first-order valence-corrected chi connectivity index (χ1v) is 3.94. The predicted octanol–water partition coefficient (Wildman–Crippen LogP) is 0.374. The molecule has 0 spiro atoms. The van der Waals surface area contributed by atoms with E-state index in [9.17, 15) is 4.79 Å². The molecule has 2 N–H and O–H groups in total. The first kappa shape index (κ1) is 8.00. The Labute approximate surface area is 68.0 Å². The van der Waals surface area contributed by atoms with Crippen molar-refractivity contribution in [1.82, 2.24) is 4.57 Å². The molecule has 1 heterocycles. The number of nitrogens with two attached hydrogens (primary N) is 1. The highest BCUT2D eigenvalue weighted by Crippen LogP contribution is 1.95. The number of amides is 2. The molecule has 0 saturated carbocycles. The summed E-state index contributed by atoms with van der Waals surface area (Å²) in [6.07, 6.45) is 0. The highest BCUT2D eigenvalue weighted by atomic mass is 32.1. The lowest BCUT2D eigenvalue weighted by molar-refractivity contribution is 0.256. The van der Waals surface area contributed by atoms with Gasteiger partial charge in [-0.25, -0.2) is 4.79 Å². The van der Waals surface area contributed by atoms with Gasteiger partial charge in [0.25, 0.3) is 0 Å². The average Bonchev–Trinajstić information content (AvgIpc) is 2.18. The summed E-state index contributed by atoms with van der Waals surface area (Å²) in [5.74, 6) is 0. The molecule has 0 atom stereocenters. The molecule has 2 amide bonds. The number of thiazole rings is 1. The van der Waals surface area contributed by atoms with Crippen molar-refractivity contribution in [2.45, 2.75) is 6.92 Å². The number of urea groups is 1. The van der Waals surface area contributed by atoms with Gasteiger partial charge in [-0.1, -0.05) is 0 Å². The van der Waals surface area contributed by atoms with Crippen molar-refractivity contribution < 1.29 is 4.79 Å². The Morgan fingerprint density at radius 3 is 2.82 bits per heavy atom. The van der Waals surface area contributed by atoms with Crippen LogP contribution in [0.3, 0.4) is 0 Å². The highest BCUT2D eigenvalue weighted by Gasteiger charge is 1.95. The lowest BCUT2D eigenvalue weighted by atomic mass is 10.6. The molecule has 0 aliphatic rings. The number of aryl methyl sites for hydroxylation is 1. The van der Waals surface area contributed by atoms with Gasteiger partial charge < -0.3 is 10.3 Å². The van der Waals surface area contributed by atoms with E-state index in [4.69, 9.17) is 5.73 Å². The van der Waals surface area contributed by atoms with Gasteiger partial charge in [0.2, 0.25) is 0 Å². The SMILES string of the molecule is Cc1cs/c(=N/C(N)=O)n1C. The van der Waals surface area contributed by atoms with Gasteiger partial charge in [0, 0.05) is 18.1 Å². The van der Waals surface area contributed by atoms with Crippen molar-refractivity contribution >= 4 is 17.4 Å². The van der Waals surface area contributed by atoms with E-state index in [1.807, 2.05) is 23.9 Å². The minimum Gasteiger partial charge on any atom is -0.350 e. The molecular formula is C6H9N3OS. The van der Waals surface area contributed by atoms with Crippen LogP contribution in [0.5, 0.6) is 0 Å². The maximum Gasteiger partial charge on any atom is 0.341 e. The molecular weight excluding hydrogens is 162 g/mol. The highest BCUT2D eigenvalue weighted by molar-refractivity contribution is 7.07. The first-order chi connectivity index (χ1) is 5.11. The molecule has 1 rings (SSSR count). The second-order valence-corrected chi connectivity index (χ2v) is 3.01. The number of carbonyl (C=O) groups is 1. The van der Waals surface area contributed by atoms with E-state index in [0.29, 0.717) is 4.80 Å². The molecule has 0 saturated heterocycles. The summed E-state index contributed by atoms with van der Waals surface area (Å²) in [5, 5.41) is 1.92. The largest absolute Gasteiger partial charge is 0.350 e. The van der Waals surface area contributed by atoms with Crippen LogP contribution in [0.1, 0.15) is 5.69 Å². The lowest BCUT2D eigenvalue weighted by Crippen LogP contribution is -2.17. The summed E-state index contributed by atoms with van der Waals surface area (Å²) in [6.45, 7) is 1.94. The molecule has 1 aromatic heterocycles. The number of nitrogens with zero attached hydrogens (tertiary/aromatic N) is 2. The number of hydrogen-bond donors (Lipinski definition) is 1. The summed E-state index contributed by atoms with van der Waals surface area (Å²) in [5.41, 5.74) is 5.96. The van der Waals surface area contributed by atoms with Gasteiger partial charge in [-0.15, -0.1) is 11.3 Å². The van der Waals surface area contributed by atoms with E-state index in [1.165, 1.54) is 11.3 Å². The summed E-state index contributed by atoms with van der Waals surface area (Å²) < 4.78 is 1.81. The van der Waals surface area contributed by atoms with Gasteiger partial charge in [-0.2, -0.15) is 4.99 Å². The fourth-order valence-electron chi connectivity index (χ4n) is 0.643. The van der Waals surface area contributed by atoms with Crippen molar-refractivity contribution in [3.8, 4) is 0 Å². The van der Waals surface area contributed by atoms with Crippen LogP contribution in [-0.4, -0.2) is 10.6 Å². The minimum atomic E-state index is -0.651. The Hall–Kier alpha value is -1.10. The van der Waals surface area contributed by atoms with Crippen molar-refractivity contribution in [3.63, 3.8) is 0 Å². The van der Waals surface area contributed by atoms with Crippen LogP contribution in [0.25, 0.3) is 0 Å². The van der Waals surface area contributed by atoms with E-state index in [-0.39, 0.29) is 0 Å². The van der Waals surface area contributed by atoms with E-state index in [0.717, 1.165) is 5.69 Å². The zero-order chi connectivity index (χ0) is 8.43. The second-order valence-electron chi connectivity index (χ2n) is 2.17. The maximum atomic E-state index is 10.4. The van der Waals surface area contributed by atoms with Gasteiger partial charge in [0.1, 0.15) is 0 Å². The standard InChI is InChI=1S/C6H9N3OS/c1-4-3-11-6(9(4)2)8-5(7)10/h3H,1-2H3,(H2,7,10)/b8-6+. The second kappa shape index (κ2) is 2.87. The molecule has 1 aromatic rings.